The first-order valence-electron chi connectivity index (χ1n) is 5.84. The van der Waals surface area contributed by atoms with E-state index in [0.29, 0.717) is 13.0 Å². The summed E-state index contributed by atoms with van der Waals surface area (Å²) in [5.41, 5.74) is 0. The van der Waals surface area contributed by atoms with Crippen LogP contribution in [0.1, 0.15) is 26.2 Å². The minimum Gasteiger partial charge on any atom is -0.215 e. The number of hydrogen-bond donors (Lipinski definition) is 2. The van der Waals surface area contributed by atoms with Gasteiger partial charge in [-0.15, -0.1) is 0 Å². The summed E-state index contributed by atoms with van der Waals surface area (Å²) in [7, 11) is -5.13. The summed E-state index contributed by atoms with van der Waals surface area (Å²) in [6, 6.07) is 0. The first-order chi connectivity index (χ1) is 8.19. The van der Waals surface area contributed by atoms with Crippen LogP contribution in [0.2, 0.25) is 0 Å². The van der Waals surface area contributed by atoms with E-state index >= 15 is 0 Å². The van der Waals surface area contributed by atoms with Crippen molar-refractivity contribution in [1.82, 2.24) is 13.7 Å². The van der Waals surface area contributed by atoms with Gasteiger partial charge in [-0.2, -0.15) is 12.7 Å². The lowest BCUT2D eigenvalue weighted by molar-refractivity contribution is 0.448. The highest BCUT2D eigenvalue weighted by molar-refractivity contribution is 7.88. The first-order valence-corrected chi connectivity index (χ1v) is 9.17. The Kier molecular flexibility index (Phi) is 7.95. The Balaban J connectivity index is 3.90. The molecule has 0 bridgehead atoms. The van der Waals surface area contributed by atoms with Crippen molar-refractivity contribution in [3.63, 3.8) is 0 Å². The van der Waals surface area contributed by atoms with Crippen molar-refractivity contribution in [2.45, 2.75) is 26.2 Å². The lowest BCUT2D eigenvalue weighted by Gasteiger charge is -2.17. The van der Waals surface area contributed by atoms with Crippen LogP contribution in [0.25, 0.3) is 0 Å². The average Bonchev–Trinajstić information content (AvgIpc) is 2.23. The smallest absolute Gasteiger partial charge is 0.215 e. The minimum atomic E-state index is -3.44. The van der Waals surface area contributed by atoms with Gasteiger partial charge in [0.2, 0.25) is 10.0 Å². The zero-order valence-corrected chi connectivity index (χ0v) is 12.8. The summed E-state index contributed by atoms with van der Waals surface area (Å²) in [5, 5.41) is 0. The van der Waals surface area contributed by atoms with Crippen molar-refractivity contribution in [2.75, 3.05) is 32.9 Å². The van der Waals surface area contributed by atoms with Gasteiger partial charge in [-0.05, 0) is 12.8 Å². The number of nitrogens with one attached hydrogen (secondary N) is 2. The maximum Gasteiger partial charge on any atom is 0.279 e. The normalized spacial score (nSPS) is 13.1. The van der Waals surface area contributed by atoms with Crippen molar-refractivity contribution < 1.29 is 16.8 Å². The quantitative estimate of drug-likeness (QED) is 0.531. The molecule has 0 aromatic carbocycles. The third-order valence-electron chi connectivity index (χ3n) is 2.24. The molecule has 18 heavy (non-hydrogen) atoms. The molecule has 0 unspecified atom stereocenters. The van der Waals surface area contributed by atoms with Gasteiger partial charge in [0, 0.05) is 26.7 Å². The van der Waals surface area contributed by atoms with E-state index in [0.717, 1.165) is 19.1 Å². The topological polar surface area (TPSA) is 95.6 Å². The molecular weight excluding hydrogens is 278 g/mol. The monoisotopic (exact) mass is 301 g/mol. The molecule has 0 saturated heterocycles. The van der Waals surface area contributed by atoms with Crippen LogP contribution in [0.5, 0.6) is 0 Å². The second-order valence-corrected chi connectivity index (χ2v) is 7.79. The van der Waals surface area contributed by atoms with Crippen molar-refractivity contribution >= 4 is 20.2 Å². The lowest BCUT2D eigenvalue weighted by Crippen LogP contribution is -2.39. The van der Waals surface area contributed by atoms with Gasteiger partial charge in [0.15, 0.2) is 0 Å². The average molecular weight is 301 g/mol. The number of nitrogens with zero attached hydrogens (tertiary/aromatic N) is 1. The zero-order chi connectivity index (χ0) is 14.2. The van der Waals surface area contributed by atoms with E-state index in [4.69, 9.17) is 0 Å². The van der Waals surface area contributed by atoms with Crippen LogP contribution in [-0.2, 0) is 20.2 Å². The zero-order valence-electron chi connectivity index (χ0n) is 11.1. The van der Waals surface area contributed by atoms with Crippen LogP contribution in [-0.4, -0.2) is 54.1 Å². The number of hydrogen-bond acceptors (Lipinski definition) is 4. The summed E-state index contributed by atoms with van der Waals surface area (Å²) >= 11 is 0. The highest BCUT2D eigenvalue weighted by Gasteiger charge is 2.15. The van der Waals surface area contributed by atoms with Crippen LogP contribution < -0.4 is 9.44 Å². The van der Waals surface area contributed by atoms with Crippen LogP contribution >= 0.6 is 0 Å². The summed E-state index contributed by atoms with van der Waals surface area (Å²) in [6.45, 7) is 2.90. The van der Waals surface area contributed by atoms with E-state index in [1.54, 1.807) is 0 Å². The van der Waals surface area contributed by atoms with Crippen LogP contribution in [0.3, 0.4) is 0 Å². The van der Waals surface area contributed by atoms with Gasteiger partial charge in [-0.1, -0.05) is 13.3 Å². The van der Waals surface area contributed by atoms with E-state index in [1.165, 1.54) is 11.4 Å². The third-order valence-corrected chi connectivity index (χ3v) is 4.54. The summed E-state index contributed by atoms with van der Waals surface area (Å²) in [4.78, 5) is 0. The van der Waals surface area contributed by atoms with Crippen LogP contribution in [0.4, 0.5) is 0 Å². The molecule has 0 aromatic rings. The number of sulfonamides is 1. The molecule has 0 aliphatic rings. The van der Waals surface area contributed by atoms with E-state index in [9.17, 15) is 16.8 Å². The van der Waals surface area contributed by atoms with Gasteiger partial charge in [0.05, 0.1) is 6.26 Å². The molecule has 0 aliphatic heterocycles. The van der Waals surface area contributed by atoms with Gasteiger partial charge in [0.25, 0.3) is 10.2 Å². The summed E-state index contributed by atoms with van der Waals surface area (Å²) in [5.74, 6) is 0. The maximum absolute atomic E-state index is 11.7. The lowest BCUT2D eigenvalue weighted by atomic mass is 10.3. The van der Waals surface area contributed by atoms with Crippen molar-refractivity contribution in [3.05, 3.63) is 0 Å². The molecule has 0 radical (unpaired) electrons. The number of rotatable bonds is 10. The Hall–Kier alpha value is -0.220. The molecule has 0 aromatic heterocycles. The van der Waals surface area contributed by atoms with Gasteiger partial charge in [-0.3, -0.25) is 0 Å². The molecule has 0 aliphatic carbocycles. The van der Waals surface area contributed by atoms with E-state index in [1.807, 2.05) is 6.92 Å². The number of unbranched alkanes of at least 4 members (excludes halogenated alkanes) is 1. The maximum atomic E-state index is 11.7. The molecule has 9 heteroatoms. The van der Waals surface area contributed by atoms with Crippen molar-refractivity contribution in [1.29, 1.82) is 0 Å². The van der Waals surface area contributed by atoms with Gasteiger partial charge in [0.1, 0.15) is 0 Å². The molecule has 0 rings (SSSR count). The van der Waals surface area contributed by atoms with Crippen LogP contribution in [0, 0.1) is 0 Å². The minimum absolute atomic E-state index is 0.210. The fourth-order valence-corrected chi connectivity index (χ4v) is 2.67. The molecule has 0 atom stereocenters. The second kappa shape index (κ2) is 8.05. The Labute approximate surface area is 110 Å². The molecule has 2 N–H and O–H groups in total. The highest BCUT2D eigenvalue weighted by atomic mass is 32.2. The Morgan fingerprint density at radius 2 is 1.56 bits per heavy atom. The molecule has 7 nitrogen and oxygen atoms in total. The SMILES string of the molecule is CCCCN(C)S(=O)(=O)NCCCNS(C)(=O)=O. The van der Waals surface area contributed by atoms with E-state index in [2.05, 4.69) is 9.44 Å². The second-order valence-electron chi connectivity index (χ2n) is 4.09. The fraction of sp³-hybridized carbons (Fsp3) is 1.00. The highest BCUT2D eigenvalue weighted by Crippen LogP contribution is 1.97. The van der Waals surface area contributed by atoms with E-state index < -0.39 is 20.2 Å². The Morgan fingerprint density at radius 3 is 2.06 bits per heavy atom. The largest absolute Gasteiger partial charge is 0.279 e. The van der Waals surface area contributed by atoms with E-state index in [-0.39, 0.29) is 13.1 Å². The fourth-order valence-electron chi connectivity index (χ4n) is 1.16. The molecule has 0 heterocycles. The summed E-state index contributed by atoms with van der Waals surface area (Å²) in [6.07, 6.45) is 3.22. The van der Waals surface area contributed by atoms with Crippen molar-refractivity contribution in [2.24, 2.45) is 0 Å². The van der Waals surface area contributed by atoms with Crippen molar-refractivity contribution in [3.8, 4) is 0 Å². The molecule has 110 valence electrons. The molecule has 0 fully saturated rings. The molecule has 0 spiro atoms. The van der Waals surface area contributed by atoms with Crippen LogP contribution in [0.15, 0.2) is 0 Å². The molecular formula is C9H23N3O4S2. The molecule has 0 saturated carbocycles. The third kappa shape index (κ3) is 8.81. The predicted octanol–water partition coefficient (Wildman–Crippen LogP) is -0.508. The van der Waals surface area contributed by atoms with Gasteiger partial charge < -0.3 is 0 Å². The Morgan fingerprint density at radius 1 is 1.00 bits per heavy atom. The van der Waals surface area contributed by atoms with Gasteiger partial charge in [-0.25, -0.2) is 17.9 Å². The standard InChI is InChI=1S/C9H23N3O4S2/c1-4-5-9-12(2)18(15,16)11-8-6-7-10-17(3,13)14/h10-11H,4-9H2,1-3H3. The molecule has 0 amide bonds. The summed E-state index contributed by atoms with van der Waals surface area (Å²) < 4.78 is 50.8. The predicted molar refractivity (Wildman–Crippen MR) is 71.9 cm³/mol. The van der Waals surface area contributed by atoms with Gasteiger partial charge >= 0.3 is 0 Å². The Bertz CT molecular complexity index is 419. The first kappa shape index (κ1) is 17.8.